The molecule has 1 nitrogen and oxygen atoms in total. The Morgan fingerprint density at radius 1 is 0.737 bits per heavy atom. The molecule has 0 saturated heterocycles. The minimum atomic E-state index is -0.330. The van der Waals surface area contributed by atoms with Gasteiger partial charge in [0, 0.05) is 0 Å². The third-order valence-corrected chi connectivity index (χ3v) is 8.05. The third-order valence-electron chi connectivity index (χ3n) is 8.05. The van der Waals surface area contributed by atoms with Gasteiger partial charge in [-0.15, -0.1) is 0 Å². The molecule has 5 aliphatic rings. The largest absolute Gasteiger partial charge is 0.390 e. The zero-order chi connectivity index (χ0) is 12.8. The fourth-order valence-electron chi connectivity index (χ4n) is 7.06. The Morgan fingerprint density at radius 3 is 1.95 bits per heavy atom. The molecule has 0 aromatic heterocycles. The van der Waals surface area contributed by atoms with E-state index < -0.39 is 0 Å². The smallest absolute Gasteiger partial charge is 0.0653 e. The Kier molecular flexibility index (Phi) is 2.19. The highest BCUT2D eigenvalue weighted by atomic mass is 16.3. The summed E-state index contributed by atoms with van der Waals surface area (Å²) in [6.07, 6.45) is 11.5. The summed E-state index contributed by atoms with van der Waals surface area (Å²) in [5.41, 5.74) is -0.330. The molecule has 1 N–H and O–H groups in total. The van der Waals surface area contributed by atoms with E-state index in [0.29, 0.717) is 5.92 Å². The molecule has 0 aromatic rings. The molecule has 0 aromatic carbocycles. The van der Waals surface area contributed by atoms with Crippen LogP contribution in [0.15, 0.2) is 0 Å². The van der Waals surface area contributed by atoms with E-state index >= 15 is 0 Å². The fraction of sp³-hybridized carbons (Fsp3) is 1.00. The van der Waals surface area contributed by atoms with Crippen LogP contribution in [0.1, 0.15) is 58.3 Å². The van der Waals surface area contributed by atoms with Crippen molar-refractivity contribution in [3.05, 3.63) is 0 Å². The van der Waals surface area contributed by atoms with Gasteiger partial charge in [0.05, 0.1) is 5.60 Å². The van der Waals surface area contributed by atoms with E-state index in [1.165, 1.54) is 38.5 Å². The van der Waals surface area contributed by atoms with Crippen LogP contribution < -0.4 is 0 Å². The maximum Gasteiger partial charge on any atom is 0.0653 e. The van der Waals surface area contributed by atoms with E-state index in [1.54, 1.807) is 6.42 Å². The molecule has 0 spiro atoms. The van der Waals surface area contributed by atoms with Crippen molar-refractivity contribution < 1.29 is 5.11 Å². The monoisotopic (exact) mass is 260 g/mol. The minimum Gasteiger partial charge on any atom is -0.390 e. The average molecular weight is 260 g/mol. The van der Waals surface area contributed by atoms with E-state index in [1.807, 2.05) is 0 Å². The molecule has 1 heteroatoms. The number of rotatable bonds is 0. The molecule has 0 amide bonds. The highest BCUT2D eigenvalue weighted by molar-refractivity contribution is 5.10. The van der Waals surface area contributed by atoms with Gasteiger partial charge in [0.15, 0.2) is 0 Å². The van der Waals surface area contributed by atoms with Crippen molar-refractivity contribution in [1.29, 1.82) is 0 Å². The molecular weight excluding hydrogens is 232 g/mol. The molecular formula is C18H28O. The lowest BCUT2D eigenvalue weighted by atomic mass is 9.42. The second-order valence-electron chi connectivity index (χ2n) is 8.98. The summed E-state index contributed by atoms with van der Waals surface area (Å²) >= 11 is 0. The molecule has 7 unspecified atom stereocenters. The number of aliphatic hydroxyl groups is 1. The maximum absolute atomic E-state index is 10.9. The Hall–Kier alpha value is -0.0400. The summed E-state index contributed by atoms with van der Waals surface area (Å²) in [5.74, 6) is 7.77. The van der Waals surface area contributed by atoms with Gasteiger partial charge in [0.1, 0.15) is 0 Å². The van der Waals surface area contributed by atoms with E-state index in [9.17, 15) is 5.11 Å². The highest BCUT2D eigenvalue weighted by Gasteiger charge is 2.60. The van der Waals surface area contributed by atoms with Crippen LogP contribution in [0.3, 0.4) is 0 Å². The SMILES string of the molecule is CC1(O)CC2C[C@@H]3CC[C@H]4CC(CCC5CC51)C4C23. The first-order valence-corrected chi connectivity index (χ1v) is 8.86. The zero-order valence-corrected chi connectivity index (χ0v) is 12.2. The highest BCUT2D eigenvalue weighted by Crippen LogP contribution is 2.66. The summed E-state index contributed by atoms with van der Waals surface area (Å²) in [7, 11) is 0. The Bertz CT molecular complexity index is 400. The van der Waals surface area contributed by atoms with Crippen LogP contribution in [0.2, 0.25) is 0 Å². The molecule has 5 aliphatic carbocycles. The van der Waals surface area contributed by atoms with E-state index in [4.69, 9.17) is 0 Å². The lowest BCUT2D eigenvalue weighted by molar-refractivity contribution is -0.155. The van der Waals surface area contributed by atoms with Crippen molar-refractivity contribution in [2.24, 2.45) is 47.3 Å². The van der Waals surface area contributed by atoms with Gasteiger partial charge in [-0.1, -0.05) is 0 Å². The maximum atomic E-state index is 10.9. The van der Waals surface area contributed by atoms with Gasteiger partial charge in [0.25, 0.3) is 0 Å². The molecule has 9 atom stereocenters. The quantitative estimate of drug-likeness (QED) is 0.701. The van der Waals surface area contributed by atoms with Crippen LogP contribution in [0.25, 0.3) is 0 Å². The number of hydrogen-bond acceptors (Lipinski definition) is 1. The van der Waals surface area contributed by atoms with E-state index in [2.05, 4.69) is 6.92 Å². The molecule has 19 heavy (non-hydrogen) atoms. The van der Waals surface area contributed by atoms with Crippen LogP contribution in [0.4, 0.5) is 0 Å². The second kappa shape index (κ2) is 3.59. The van der Waals surface area contributed by atoms with Crippen molar-refractivity contribution in [3.63, 3.8) is 0 Å². The Labute approximate surface area is 117 Å². The first-order valence-electron chi connectivity index (χ1n) is 8.86. The van der Waals surface area contributed by atoms with Crippen molar-refractivity contribution in [2.75, 3.05) is 0 Å². The molecule has 106 valence electrons. The molecule has 5 saturated carbocycles. The van der Waals surface area contributed by atoms with E-state index in [0.717, 1.165) is 47.8 Å². The average Bonchev–Trinajstić information content (AvgIpc) is 3.09. The summed E-state index contributed by atoms with van der Waals surface area (Å²) in [6, 6.07) is 0. The standard InChI is InChI=1S/C18H28O/c1-18(19)9-14-7-13-5-4-12-6-11(16(12)17(13)14)3-2-10-8-15(10)18/h10-17,19H,2-9H2,1H3/t10?,11?,12-,13-,14?,15?,16?,17?,18?/m0/s1. The van der Waals surface area contributed by atoms with Gasteiger partial charge >= 0.3 is 0 Å². The van der Waals surface area contributed by atoms with Gasteiger partial charge in [-0.3, -0.25) is 0 Å². The van der Waals surface area contributed by atoms with Crippen LogP contribution in [0.5, 0.6) is 0 Å². The summed E-state index contributed by atoms with van der Waals surface area (Å²) in [4.78, 5) is 0. The van der Waals surface area contributed by atoms with Crippen molar-refractivity contribution in [1.82, 2.24) is 0 Å². The predicted octanol–water partition coefficient (Wildman–Crippen LogP) is 3.86. The fourth-order valence-corrected chi connectivity index (χ4v) is 7.06. The first kappa shape index (κ1) is 11.6. The molecule has 0 radical (unpaired) electrons. The summed E-state index contributed by atoms with van der Waals surface area (Å²) in [5, 5.41) is 10.9. The number of hydrogen-bond donors (Lipinski definition) is 1. The van der Waals surface area contributed by atoms with Gasteiger partial charge in [-0.05, 0) is 106 Å². The van der Waals surface area contributed by atoms with Crippen LogP contribution in [0, 0.1) is 47.3 Å². The molecule has 5 fully saturated rings. The second-order valence-corrected chi connectivity index (χ2v) is 8.98. The predicted molar refractivity (Wildman–Crippen MR) is 75.5 cm³/mol. The molecule has 0 heterocycles. The Balaban J connectivity index is 1.44. The van der Waals surface area contributed by atoms with Crippen LogP contribution in [-0.2, 0) is 0 Å². The topological polar surface area (TPSA) is 20.2 Å². The lowest BCUT2D eigenvalue weighted by Crippen LogP contribution is -2.57. The summed E-state index contributed by atoms with van der Waals surface area (Å²) in [6.45, 7) is 2.16. The summed E-state index contributed by atoms with van der Waals surface area (Å²) < 4.78 is 0. The van der Waals surface area contributed by atoms with Gasteiger partial charge in [0.2, 0.25) is 0 Å². The number of fused-ring (bicyclic) bond motifs is 1. The Morgan fingerprint density at radius 2 is 1.26 bits per heavy atom. The normalized spacial score (nSPS) is 66.0. The van der Waals surface area contributed by atoms with Crippen molar-refractivity contribution in [2.45, 2.75) is 63.9 Å². The third kappa shape index (κ3) is 1.51. The van der Waals surface area contributed by atoms with Crippen LogP contribution in [-0.4, -0.2) is 10.7 Å². The van der Waals surface area contributed by atoms with Crippen molar-refractivity contribution >= 4 is 0 Å². The van der Waals surface area contributed by atoms with Crippen molar-refractivity contribution in [3.8, 4) is 0 Å². The molecule has 0 bridgehead atoms. The first-order chi connectivity index (χ1) is 9.13. The van der Waals surface area contributed by atoms with Crippen LogP contribution >= 0.6 is 0 Å². The molecule has 5 rings (SSSR count). The molecule has 0 aliphatic heterocycles. The zero-order valence-electron chi connectivity index (χ0n) is 12.2. The minimum absolute atomic E-state index is 0.330. The van der Waals surface area contributed by atoms with Gasteiger partial charge in [-0.2, -0.15) is 0 Å². The lowest BCUT2D eigenvalue weighted by Gasteiger charge is -2.63. The van der Waals surface area contributed by atoms with Gasteiger partial charge in [-0.25, -0.2) is 0 Å². The van der Waals surface area contributed by atoms with Gasteiger partial charge < -0.3 is 5.11 Å². The van der Waals surface area contributed by atoms with E-state index in [-0.39, 0.29) is 5.60 Å².